The fourth-order valence-corrected chi connectivity index (χ4v) is 0.594. The van der Waals surface area contributed by atoms with Gasteiger partial charge in [0.15, 0.2) is 0 Å². The van der Waals surface area contributed by atoms with Crippen molar-refractivity contribution in [3.63, 3.8) is 0 Å². The van der Waals surface area contributed by atoms with E-state index in [1.54, 1.807) is 6.92 Å². The number of carbonyl (C=O) groups excluding carboxylic acids is 1. The van der Waals surface area contributed by atoms with E-state index in [9.17, 15) is 4.79 Å². The van der Waals surface area contributed by atoms with Gasteiger partial charge in [-0.05, 0) is 6.92 Å². The predicted octanol–water partition coefficient (Wildman–Crippen LogP) is 3.65. The number of hydrogen-bond acceptors (Lipinski definition) is 1. The summed E-state index contributed by atoms with van der Waals surface area (Å²) < 4.78 is 0. The van der Waals surface area contributed by atoms with Gasteiger partial charge in [-0.15, -0.1) is 12.8 Å². The summed E-state index contributed by atoms with van der Waals surface area (Å²) in [5.41, 5.74) is 0. The second-order valence-electron chi connectivity index (χ2n) is 2.19. The van der Waals surface area contributed by atoms with E-state index in [4.69, 9.17) is 0 Å². The zero-order chi connectivity index (χ0) is 9.11. The molecule has 0 aromatic carbocycles. The first-order valence-electron chi connectivity index (χ1n) is 4.37. The molecule has 0 spiro atoms. The van der Waals surface area contributed by atoms with Crippen molar-refractivity contribution in [3.8, 4) is 0 Å². The topological polar surface area (TPSA) is 17.1 Å². The van der Waals surface area contributed by atoms with Crippen LogP contribution in [0.3, 0.4) is 0 Å². The summed E-state index contributed by atoms with van der Waals surface area (Å²) in [5.74, 6) is 0.249. The van der Waals surface area contributed by atoms with Gasteiger partial charge in [-0.3, -0.25) is 0 Å². The van der Waals surface area contributed by atoms with Gasteiger partial charge in [0, 0.05) is 0 Å². The maximum Gasteiger partial charge on any atom is 3.00 e. The van der Waals surface area contributed by atoms with Crippen molar-refractivity contribution >= 4 is 5.78 Å². The minimum absolute atomic E-state index is 0. The van der Waals surface area contributed by atoms with E-state index < -0.39 is 0 Å². The molecule has 0 bridgehead atoms. The van der Waals surface area contributed by atoms with Gasteiger partial charge in [-0.25, -0.2) is 0 Å². The number of hydrogen-bond donors (Lipinski definition) is 0. The van der Waals surface area contributed by atoms with E-state index in [0.717, 1.165) is 19.3 Å². The van der Waals surface area contributed by atoms with E-state index in [-0.39, 0.29) is 45.9 Å². The first-order valence-corrected chi connectivity index (χ1v) is 4.37. The van der Waals surface area contributed by atoms with Crippen LogP contribution in [-0.2, 0) is 37.5 Å². The van der Waals surface area contributed by atoms with Crippen LogP contribution in [0, 0.1) is 20.8 Å². The molecule has 0 aliphatic heterocycles. The Morgan fingerprint density at radius 3 is 2.15 bits per heavy atom. The summed E-state index contributed by atoms with van der Waals surface area (Å²) in [6.45, 7) is 9.31. The normalized spacial score (nSPS) is 7.08. The van der Waals surface area contributed by atoms with Crippen LogP contribution < -0.4 is 0 Å². The molecular formula is C11H23OY. The molecule has 0 rings (SSSR count). The average Bonchev–Trinajstić information content (AvgIpc) is 2.02. The zero-order valence-electron chi connectivity index (χ0n) is 9.60. The summed E-state index contributed by atoms with van der Waals surface area (Å²) in [4.78, 5) is 10.4. The molecule has 0 fully saturated rings. The van der Waals surface area contributed by atoms with Gasteiger partial charge in [0.2, 0.25) is 0 Å². The van der Waals surface area contributed by atoms with Gasteiger partial charge < -0.3 is 25.6 Å². The Bertz CT molecular complexity index is 82.2. The average molecular weight is 260 g/mol. The fourth-order valence-electron chi connectivity index (χ4n) is 0.594. The van der Waals surface area contributed by atoms with E-state index in [1.807, 2.05) is 20.3 Å². The third-order valence-corrected chi connectivity index (χ3v) is 1.09. The van der Waals surface area contributed by atoms with Gasteiger partial charge in [0.05, 0.1) is 0 Å². The summed E-state index contributed by atoms with van der Waals surface area (Å²) in [5, 5.41) is 0. The zero-order valence-corrected chi connectivity index (χ0v) is 12.4. The maximum atomic E-state index is 10.4. The molecule has 0 saturated carbocycles. The van der Waals surface area contributed by atoms with Gasteiger partial charge in [-0.2, -0.15) is 12.8 Å². The second kappa shape index (κ2) is 23.0. The van der Waals surface area contributed by atoms with Crippen molar-refractivity contribution in [1.29, 1.82) is 0 Å². The van der Waals surface area contributed by atoms with Gasteiger partial charge >= 0.3 is 32.7 Å². The Kier molecular flexibility index (Phi) is 41.6. The maximum absolute atomic E-state index is 10.4. The third kappa shape index (κ3) is 32.3. The van der Waals surface area contributed by atoms with Crippen LogP contribution in [0.25, 0.3) is 0 Å². The number of ketones is 1. The molecule has 0 saturated heterocycles. The monoisotopic (exact) mass is 260 g/mol. The van der Waals surface area contributed by atoms with Crippen LogP contribution in [0.2, 0.25) is 0 Å². The molecule has 13 heavy (non-hydrogen) atoms. The van der Waals surface area contributed by atoms with Crippen molar-refractivity contribution in [1.82, 2.24) is 0 Å². The van der Waals surface area contributed by atoms with Crippen molar-refractivity contribution in [2.45, 2.75) is 46.5 Å². The molecule has 0 aliphatic carbocycles. The van der Waals surface area contributed by atoms with Crippen LogP contribution in [-0.4, -0.2) is 5.78 Å². The Balaban J connectivity index is -0.0000000941. The van der Waals surface area contributed by atoms with Crippen LogP contribution in [0.5, 0.6) is 0 Å². The second-order valence-corrected chi connectivity index (χ2v) is 2.19. The molecule has 0 aromatic heterocycles. The molecule has 0 aromatic rings. The predicted molar refractivity (Wildman–Crippen MR) is 56.6 cm³/mol. The molecule has 0 atom stereocenters. The molecule has 0 N–H and O–H groups in total. The van der Waals surface area contributed by atoms with Crippen LogP contribution in [0.15, 0.2) is 0 Å². The molecule has 2 heteroatoms. The van der Waals surface area contributed by atoms with Crippen molar-refractivity contribution < 1.29 is 37.5 Å². The van der Waals surface area contributed by atoms with E-state index in [2.05, 4.69) is 6.92 Å². The van der Waals surface area contributed by atoms with Crippen molar-refractivity contribution in [3.05, 3.63) is 20.8 Å². The summed E-state index contributed by atoms with van der Waals surface area (Å²) >= 11 is 0. The Labute approximate surface area is 110 Å². The van der Waals surface area contributed by atoms with E-state index in [0.29, 0.717) is 6.42 Å². The molecule has 1 nitrogen and oxygen atoms in total. The summed E-state index contributed by atoms with van der Waals surface area (Å²) in [6, 6.07) is 0. The molecule has 0 aliphatic rings. The fraction of sp³-hybridized carbons (Fsp3) is 0.636. The smallest absolute Gasteiger partial charge is 0.358 e. The standard InChI is InChI=1S/C8H14O.C2H6.CH3.Y/c1-3-4-5-6-7-8(2)9;1-2;;/h6H,1,3-5,7H2,2H3;1-2H3;1H3;/q-2;;-1;+3. The van der Waals surface area contributed by atoms with E-state index >= 15 is 0 Å². The first-order chi connectivity index (χ1) is 5.27. The number of carbonyl (C=O) groups is 1. The van der Waals surface area contributed by atoms with Crippen LogP contribution in [0.4, 0.5) is 0 Å². The minimum Gasteiger partial charge on any atom is -0.358 e. The molecule has 0 radical (unpaired) electrons. The van der Waals surface area contributed by atoms with Crippen molar-refractivity contribution in [2.75, 3.05) is 0 Å². The first kappa shape index (κ1) is 23.5. The third-order valence-electron chi connectivity index (χ3n) is 1.09. The summed E-state index contributed by atoms with van der Waals surface area (Å²) in [6.07, 6.45) is 5.75. The summed E-state index contributed by atoms with van der Waals surface area (Å²) in [7, 11) is 0. The Morgan fingerprint density at radius 1 is 1.38 bits per heavy atom. The molecular weight excluding hydrogens is 237 g/mol. The van der Waals surface area contributed by atoms with E-state index in [1.165, 1.54) is 0 Å². The number of Topliss-reactive ketones (excluding diaryl/α,β-unsaturated/α-hetero) is 1. The van der Waals surface area contributed by atoms with Crippen LogP contribution in [0.1, 0.15) is 46.5 Å². The molecule has 76 valence electrons. The number of unbranched alkanes of at least 4 members (excludes halogenated alkanes) is 3. The van der Waals surface area contributed by atoms with Gasteiger partial charge in [-0.1, -0.05) is 13.8 Å². The molecule has 0 amide bonds. The Morgan fingerprint density at radius 2 is 1.85 bits per heavy atom. The van der Waals surface area contributed by atoms with Gasteiger partial charge in [0.25, 0.3) is 0 Å². The van der Waals surface area contributed by atoms with Crippen molar-refractivity contribution in [2.24, 2.45) is 0 Å². The largest absolute Gasteiger partial charge is 3.00 e. The van der Waals surface area contributed by atoms with Gasteiger partial charge in [0.1, 0.15) is 5.78 Å². The minimum atomic E-state index is 0. The SMILES string of the molecule is CC.[CH2-]CCC[CH-]CC(C)=O.[CH3-].[Y+3]. The van der Waals surface area contributed by atoms with Crippen LogP contribution >= 0.6 is 0 Å². The molecule has 0 unspecified atom stereocenters. The molecule has 0 heterocycles. The quantitative estimate of drug-likeness (QED) is 0.544. The Hall–Kier alpha value is 0.774. The number of rotatable bonds is 5.